The maximum atomic E-state index is 12.8. The summed E-state index contributed by atoms with van der Waals surface area (Å²) >= 11 is 0. The molecule has 1 N–H and O–H groups in total. The number of aromatic nitrogens is 2. The molecule has 0 spiro atoms. The Bertz CT molecular complexity index is 1420. The first kappa shape index (κ1) is 22.5. The SMILES string of the molecule is COc1ccc(-c2cn3ccc(C)cc3n2)cc1NS(=O)(=O)c1ccc(OC(F)(F)F)cc1. The van der Waals surface area contributed by atoms with Crippen LogP contribution in [0.1, 0.15) is 5.56 Å². The molecule has 0 bridgehead atoms. The molecule has 33 heavy (non-hydrogen) atoms. The maximum Gasteiger partial charge on any atom is 0.573 e. The van der Waals surface area contributed by atoms with E-state index in [9.17, 15) is 21.6 Å². The van der Waals surface area contributed by atoms with Gasteiger partial charge in [0.25, 0.3) is 10.0 Å². The molecule has 2 aromatic heterocycles. The van der Waals surface area contributed by atoms with Gasteiger partial charge in [0.15, 0.2) is 0 Å². The van der Waals surface area contributed by atoms with Gasteiger partial charge in [0.1, 0.15) is 17.1 Å². The summed E-state index contributed by atoms with van der Waals surface area (Å²) in [6.45, 7) is 1.95. The van der Waals surface area contributed by atoms with E-state index in [4.69, 9.17) is 4.74 Å². The molecule has 172 valence electrons. The van der Waals surface area contributed by atoms with Crippen LogP contribution in [0.3, 0.4) is 0 Å². The van der Waals surface area contributed by atoms with Gasteiger partial charge in [0, 0.05) is 18.0 Å². The number of benzene rings is 2. The number of hydrogen-bond acceptors (Lipinski definition) is 5. The molecule has 0 radical (unpaired) electrons. The molecular weight excluding hydrogens is 459 g/mol. The zero-order valence-corrected chi connectivity index (χ0v) is 18.2. The highest BCUT2D eigenvalue weighted by molar-refractivity contribution is 7.92. The fourth-order valence-electron chi connectivity index (χ4n) is 3.19. The molecule has 0 atom stereocenters. The van der Waals surface area contributed by atoms with E-state index in [0.29, 0.717) is 11.3 Å². The van der Waals surface area contributed by atoms with Gasteiger partial charge in [-0.15, -0.1) is 13.2 Å². The van der Waals surface area contributed by atoms with Crippen LogP contribution in [0.25, 0.3) is 16.9 Å². The number of aryl methyl sites for hydroxylation is 1. The van der Waals surface area contributed by atoms with Gasteiger partial charge in [0.05, 0.1) is 23.4 Å². The van der Waals surface area contributed by atoms with Crippen molar-refractivity contribution in [2.45, 2.75) is 18.2 Å². The van der Waals surface area contributed by atoms with Crippen molar-refractivity contribution in [3.8, 4) is 22.8 Å². The van der Waals surface area contributed by atoms with E-state index in [1.54, 1.807) is 18.2 Å². The van der Waals surface area contributed by atoms with Crippen LogP contribution in [-0.4, -0.2) is 31.3 Å². The summed E-state index contributed by atoms with van der Waals surface area (Å²) in [6, 6.07) is 12.7. The number of imidazole rings is 1. The third kappa shape index (κ3) is 5.03. The van der Waals surface area contributed by atoms with Crippen LogP contribution in [0.15, 0.2) is 71.9 Å². The van der Waals surface area contributed by atoms with E-state index in [0.717, 1.165) is 35.5 Å². The van der Waals surface area contributed by atoms with Crippen LogP contribution >= 0.6 is 0 Å². The van der Waals surface area contributed by atoms with Crippen LogP contribution in [0.2, 0.25) is 0 Å². The molecule has 0 fully saturated rings. The molecule has 2 aromatic carbocycles. The first-order valence-electron chi connectivity index (χ1n) is 9.56. The van der Waals surface area contributed by atoms with Crippen molar-refractivity contribution in [1.29, 1.82) is 0 Å². The van der Waals surface area contributed by atoms with Crippen molar-refractivity contribution >= 4 is 21.4 Å². The van der Waals surface area contributed by atoms with Gasteiger partial charge in [-0.3, -0.25) is 4.72 Å². The summed E-state index contributed by atoms with van der Waals surface area (Å²) in [7, 11) is -2.74. The van der Waals surface area contributed by atoms with Crippen molar-refractivity contribution in [3.05, 3.63) is 72.6 Å². The molecule has 0 unspecified atom stereocenters. The average molecular weight is 477 g/mol. The Morgan fingerprint density at radius 2 is 1.76 bits per heavy atom. The zero-order chi connectivity index (χ0) is 23.8. The molecule has 11 heteroatoms. The average Bonchev–Trinajstić information content (AvgIpc) is 3.16. The zero-order valence-electron chi connectivity index (χ0n) is 17.4. The van der Waals surface area contributed by atoms with Gasteiger partial charge < -0.3 is 13.9 Å². The van der Waals surface area contributed by atoms with Crippen molar-refractivity contribution in [2.24, 2.45) is 0 Å². The number of methoxy groups -OCH3 is 1. The molecule has 0 aliphatic carbocycles. The Hall–Kier alpha value is -3.73. The first-order valence-corrected chi connectivity index (χ1v) is 11.0. The Morgan fingerprint density at radius 1 is 1.03 bits per heavy atom. The van der Waals surface area contributed by atoms with Crippen LogP contribution in [0, 0.1) is 6.92 Å². The number of anilines is 1. The highest BCUT2D eigenvalue weighted by Gasteiger charge is 2.31. The summed E-state index contributed by atoms with van der Waals surface area (Å²) < 4.78 is 76.0. The lowest BCUT2D eigenvalue weighted by molar-refractivity contribution is -0.274. The molecule has 0 saturated heterocycles. The van der Waals surface area contributed by atoms with E-state index in [1.165, 1.54) is 7.11 Å². The number of halogens is 3. The normalized spacial score (nSPS) is 12.0. The van der Waals surface area contributed by atoms with Gasteiger partial charge >= 0.3 is 6.36 Å². The quantitative estimate of drug-likeness (QED) is 0.422. The predicted octanol–water partition coefficient (Wildman–Crippen LogP) is 5.02. The molecule has 7 nitrogen and oxygen atoms in total. The molecule has 0 aliphatic heterocycles. The lowest BCUT2D eigenvalue weighted by Crippen LogP contribution is -2.17. The minimum atomic E-state index is -4.87. The van der Waals surface area contributed by atoms with E-state index in [-0.39, 0.29) is 16.3 Å². The summed E-state index contributed by atoms with van der Waals surface area (Å²) in [5.74, 6) is -0.262. The predicted molar refractivity (Wildman–Crippen MR) is 116 cm³/mol. The van der Waals surface area contributed by atoms with E-state index in [2.05, 4.69) is 14.4 Å². The molecule has 2 heterocycles. The lowest BCUT2D eigenvalue weighted by atomic mass is 10.1. The van der Waals surface area contributed by atoms with Crippen molar-refractivity contribution in [1.82, 2.24) is 9.38 Å². The summed E-state index contributed by atoms with van der Waals surface area (Å²) in [4.78, 5) is 4.33. The second-order valence-electron chi connectivity index (χ2n) is 7.14. The van der Waals surface area contributed by atoms with E-state index < -0.39 is 22.1 Å². The first-order chi connectivity index (χ1) is 15.5. The van der Waals surface area contributed by atoms with E-state index in [1.807, 2.05) is 35.9 Å². The number of fused-ring (bicyclic) bond motifs is 1. The highest BCUT2D eigenvalue weighted by Crippen LogP contribution is 2.32. The number of pyridine rings is 1. The number of hydrogen-bond donors (Lipinski definition) is 1. The highest BCUT2D eigenvalue weighted by atomic mass is 32.2. The Labute approximate surface area is 187 Å². The summed E-state index contributed by atoms with van der Waals surface area (Å²) in [5.41, 5.74) is 3.21. The second-order valence-corrected chi connectivity index (χ2v) is 8.82. The van der Waals surface area contributed by atoms with Crippen LogP contribution < -0.4 is 14.2 Å². The topological polar surface area (TPSA) is 81.9 Å². The minimum absolute atomic E-state index is 0.152. The summed E-state index contributed by atoms with van der Waals surface area (Å²) in [5, 5.41) is 0. The van der Waals surface area contributed by atoms with Crippen LogP contribution in [-0.2, 0) is 10.0 Å². The van der Waals surface area contributed by atoms with Crippen molar-refractivity contribution in [3.63, 3.8) is 0 Å². The largest absolute Gasteiger partial charge is 0.573 e. The van der Waals surface area contributed by atoms with Crippen LogP contribution in [0.4, 0.5) is 18.9 Å². The Balaban J connectivity index is 1.65. The standard InChI is InChI=1S/C22H18F3N3O4S/c1-14-9-10-28-13-19(26-21(28)11-14)15-3-8-20(31-2)18(12-15)27-33(29,30)17-6-4-16(5-7-17)32-22(23,24)25/h3-13,27H,1-2H3. The molecule has 0 aliphatic rings. The second kappa shape index (κ2) is 8.32. The number of sulfonamides is 1. The molecule has 0 saturated carbocycles. The van der Waals surface area contributed by atoms with Crippen molar-refractivity contribution in [2.75, 3.05) is 11.8 Å². The van der Waals surface area contributed by atoms with Gasteiger partial charge in [0.2, 0.25) is 0 Å². The monoisotopic (exact) mass is 477 g/mol. The third-order valence-electron chi connectivity index (χ3n) is 4.72. The summed E-state index contributed by atoms with van der Waals surface area (Å²) in [6.07, 6.45) is -1.18. The van der Waals surface area contributed by atoms with Gasteiger partial charge in [-0.05, 0) is 67.1 Å². The molecule has 4 aromatic rings. The van der Waals surface area contributed by atoms with Crippen molar-refractivity contribution < 1.29 is 31.1 Å². The van der Waals surface area contributed by atoms with Crippen LogP contribution in [0.5, 0.6) is 11.5 Å². The third-order valence-corrected chi connectivity index (χ3v) is 6.10. The number of nitrogens with one attached hydrogen (secondary N) is 1. The lowest BCUT2D eigenvalue weighted by Gasteiger charge is -2.14. The fraction of sp³-hybridized carbons (Fsp3) is 0.136. The molecule has 0 amide bonds. The fourth-order valence-corrected chi connectivity index (χ4v) is 4.26. The Morgan fingerprint density at radius 3 is 2.42 bits per heavy atom. The number of rotatable bonds is 6. The number of nitrogens with zero attached hydrogens (tertiary/aromatic N) is 2. The van der Waals surface area contributed by atoms with Gasteiger partial charge in [-0.2, -0.15) is 0 Å². The Kier molecular flexibility index (Phi) is 5.66. The van der Waals surface area contributed by atoms with E-state index >= 15 is 0 Å². The van der Waals surface area contributed by atoms with Gasteiger partial charge in [-0.1, -0.05) is 0 Å². The molecule has 4 rings (SSSR count). The maximum absolute atomic E-state index is 12.8. The number of ether oxygens (including phenoxy) is 2. The number of alkyl halides is 3. The molecular formula is C22H18F3N3O4S. The minimum Gasteiger partial charge on any atom is -0.495 e. The smallest absolute Gasteiger partial charge is 0.495 e. The van der Waals surface area contributed by atoms with Gasteiger partial charge in [-0.25, -0.2) is 13.4 Å².